The molecule has 1 aliphatic heterocycles. The summed E-state index contributed by atoms with van der Waals surface area (Å²) in [7, 11) is 0. The Kier molecular flexibility index (Phi) is 4.59. The molecule has 1 aliphatic carbocycles. The first-order valence-corrected chi connectivity index (χ1v) is 13.0. The molecule has 0 saturated carbocycles. The van der Waals surface area contributed by atoms with Gasteiger partial charge in [0.2, 0.25) is 0 Å². The van der Waals surface area contributed by atoms with Crippen molar-refractivity contribution in [2.45, 2.75) is 38.7 Å². The molecule has 2 nitrogen and oxygen atoms in total. The molecular formula is C31H25NOS. The SMILES string of the molecule is Cc1ccc(-c2c3c(nc4sc5c(c24)CCCC5)-c2ccccc2O[C@@H]3c2ccccc2)cc1. The van der Waals surface area contributed by atoms with Gasteiger partial charge in [-0.2, -0.15) is 0 Å². The summed E-state index contributed by atoms with van der Waals surface area (Å²) >= 11 is 1.90. The average Bonchev–Trinajstić information content (AvgIpc) is 3.26. The van der Waals surface area contributed by atoms with E-state index >= 15 is 0 Å². The number of rotatable bonds is 2. The predicted molar refractivity (Wildman–Crippen MR) is 141 cm³/mol. The molecule has 0 unspecified atom stereocenters. The van der Waals surface area contributed by atoms with E-state index in [1.165, 1.54) is 62.2 Å². The first kappa shape index (κ1) is 20.0. The third kappa shape index (κ3) is 3.04. The number of hydrogen-bond acceptors (Lipinski definition) is 3. The van der Waals surface area contributed by atoms with Crippen LogP contribution in [0.1, 0.15) is 46.1 Å². The van der Waals surface area contributed by atoms with Gasteiger partial charge in [0.15, 0.2) is 6.10 Å². The number of ether oxygens (including phenoxy) is 1. The van der Waals surface area contributed by atoms with Gasteiger partial charge in [0.1, 0.15) is 10.6 Å². The highest BCUT2D eigenvalue weighted by molar-refractivity contribution is 7.19. The summed E-state index contributed by atoms with van der Waals surface area (Å²) in [6, 6.07) is 28.0. The van der Waals surface area contributed by atoms with Gasteiger partial charge in [-0.15, -0.1) is 11.3 Å². The van der Waals surface area contributed by atoms with E-state index in [1.54, 1.807) is 0 Å². The van der Waals surface area contributed by atoms with E-state index in [4.69, 9.17) is 9.72 Å². The molecule has 0 N–H and O–H groups in total. The van der Waals surface area contributed by atoms with E-state index < -0.39 is 0 Å². The van der Waals surface area contributed by atoms with Gasteiger partial charge in [0, 0.05) is 27.0 Å². The van der Waals surface area contributed by atoms with E-state index in [2.05, 4.69) is 85.8 Å². The molecule has 0 fully saturated rings. The zero-order chi connectivity index (χ0) is 22.6. The first-order chi connectivity index (χ1) is 16.8. The molecule has 3 heterocycles. The van der Waals surface area contributed by atoms with E-state index in [0.29, 0.717) is 0 Å². The van der Waals surface area contributed by atoms with Gasteiger partial charge >= 0.3 is 0 Å². The number of fused-ring (bicyclic) bond motifs is 6. The van der Waals surface area contributed by atoms with Crippen LogP contribution in [0.15, 0.2) is 78.9 Å². The molecule has 0 amide bonds. The molecule has 0 saturated heterocycles. The second kappa shape index (κ2) is 7.82. The molecule has 3 heteroatoms. The maximum absolute atomic E-state index is 6.76. The number of benzene rings is 3. The molecule has 1 atom stereocenters. The van der Waals surface area contributed by atoms with E-state index in [1.807, 2.05) is 11.3 Å². The highest BCUT2D eigenvalue weighted by atomic mass is 32.1. The van der Waals surface area contributed by atoms with Crippen LogP contribution < -0.4 is 4.74 Å². The lowest BCUT2D eigenvalue weighted by molar-refractivity contribution is 0.243. The fourth-order valence-corrected chi connectivity index (χ4v) is 6.87. The van der Waals surface area contributed by atoms with Crippen molar-refractivity contribution in [2.75, 3.05) is 0 Å². The molecular weight excluding hydrogens is 434 g/mol. The average molecular weight is 460 g/mol. The minimum absolute atomic E-state index is 0.196. The maximum atomic E-state index is 6.76. The van der Waals surface area contributed by atoms with Crippen molar-refractivity contribution in [2.24, 2.45) is 0 Å². The topological polar surface area (TPSA) is 22.1 Å². The van der Waals surface area contributed by atoms with E-state index in [0.717, 1.165) is 29.0 Å². The highest BCUT2D eigenvalue weighted by Crippen LogP contribution is 2.52. The van der Waals surface area contributed by atoms with E-state index in [9.17, 15) is 0 Å². The summed E-state index contributed by atoms with van der Waals surface area (Å²) in [5.74, 6) is 0.909. The molecule has 34 heavy (non-hydrogen) atoms. The van der Waals surface area contributed by atoms with Crippen molar-refractivity contribution >= 4 is 21.6 Å². The number of hydrogen-bond donors (Lipinski definition) is 0. The van der Waals surface area contributed by atoms with Gasteiger partial charge in [0.25, 0.3) is 0 Å². The number of pyridine rings is 1. The number of para-hydroxylation sites is 1. The molecule has 0 radical (unpaired) electrons. The van der Waals surface area contributed by atoms with Gasteiger partial charge in [-0.3, -0.25) is 0 Å². The lowest BCUT2D eigenvalue weighted by Gasteiger charge is -2.31. The summed E-state index contributed by atoms with van der Waals surface area (Å²) in [5.41, 5.74) is 9.87. The van der Waals surface area contributed by atoms with Gasteiger partial charge in [-0.1, -0.05) is 72.3 Å². The second-order valence-corrected chi connectivity index (χ2v) is 10.5. The summed E-state index contributed by atoms with van der Waals surface area (Å²) in [6.07, 6.45) is 4.65. The number of aromatic nitrogens is 1. The Hall–Kier alpha value is -3.43. The van der Waals surface area contributed by atoms with Gasteiger partial charge in [-0.05, 0) is 61.4 Å². The predicted octanol–water partition coefficient (Wildman–Crippen LogP) is 8.30. The fraction of sp³-hybridized carbons (Fsp3) is 0.194. The molecule has 0 spiro atoms. The minimum atomic E-state index is -0.196. The summed E-state index contributed by atoms with van der Waals surface area (Å²) in [6.45, 7) is 2.15. The van der Waals surface area contributed by atoms with Gasteiger partial charge in [-0.25, -0.2) is 4.98 Å². The Balaban J connectivity index is 1.64. The maximum Gasteiger partial charge on any atom is 0.152 e. The molecule has 7 rings (SSSR count). The zero-order valence-electron chi connectivity index (χ0n) is 19.2. The Morgan fingerprint density at radius 1 is 0.853 bits per heavy atom. The fourth-order valence-electron chi connectivity index (χ4n) is 5.60. The van der Waals surface area contributed by atoms with Crippen LogP contribution in [0.25, 0.3) is 32.6 Å². The van der Waals surface area contributed by atoms with Crippen LogP contribution in [-0.2, 0) is 12.8 Å². The minimum Gasteiger partial charge on any atom is -0.480 e. The largest absolute Gasteiger partial charge is 0.480 e. The van der Waals surface area contributed by atoms with Crippen LogP contribution in [-0.4, -0.2) is 4.98 Å². The standard InChI is InChI=1S/C31H25NOS/c1-19-15-17-20(18-16-19)26-27-23-12-6-8-14-25(23)34-31(27)32-29-22-11-5-7-13-24(22)33-30(28(26)29)21-9-3-2-4-10-21/h2-5,7,9-11,13,15-18,30H,6,8,12,14H2,1H3/t30-/m1/s1. The van der Waals surface area contributed by atoms with Crippen LogP contribution in [0.5, 0.6) is 5.75 Å². The zero-order valence-corrected chi connectivity index (χ0v) is 20.0. The van der Waals surface area contributed by atoms with Crippen LogP contribution in [0.4, 0.5) is 0 Å². The van der Waals surface area contributed by atoms with Crippen molar-refractivity contribution in [3.05, 3.63) is 106 Å². The Morgan fingerprint density at radius 3 is 2.47 bits per heavy atom. The lowest BCUT2D eigenvalue weighted by Crippen LogP contribution is -2.18. The first-order valence-electron chi connectivity index (χ1n) is 12.1. The molecule has 166 valence electrons. The molecule has 5 aromatic rings. The summed E-state index contributed by atoms with van der Waals surface area (Å²) < 4.78 is 6.76. The Bertz CT molecular complexity index is 1530. The van der Waals surface area contributed by atoms with Crippen molar-refractivity contribution < 1.29 is 4.74 Å². The van der Waals surface area contributed by atoms with Crippen LogP contribution in [0.3, 0.4) is 0 Å². The third-order valence-corrected chi connectivity index (χ3v) is 8.42. The quantitative estimate of drug-likeness (QED) is 0.265. The smallest absolute Gasteiger partial charge is 0.152 e. The monoisotopic (exact) mass is 459 g/mol. The van der Waals surface area contributed by atoms with Crippen molar-refractivity contribution in [3.8, 4) is 28.1 Å². The summed E-state index contributed by atoms with van der Waals surface area (Å²) in [4.78, 5) is 8.07. The van der Waals surface area contributed by atoms with Crippen molar-refractivity contribution in [1.82, 2.24) is 4.98 Å². The van der Waals surface area contributed by atoms with Crippen LogP contribution >= 0.6 is 11.3 Å². The molecule has 2 aromatic heterocycles. The van der Waals surface area contributed by atoms with Gasteiger partial charge in [0.05, 0.1) is 5.69 Å². The Morgan fingerprint density at radius 2 is 1.62 bits per heavy atom. The second-order valence-electron chi connectivity index (χ2n) is 9.41. The van der Waals surface area contributed by atoms with E-state index in [-0.39, 0.29) is 6.10 Å². The van der Waals surface area contributed by atoms with Crippen molar-refractivity contribution in [1.29, 1.82) is 0 Å². The molecule has 0 bridgehead atoms. The highest BCUT2D eigenvalue weighted by Gasteiger charge is 2.34. The van der Waals surface area contributed by atoms with Gasteiger partial charge < -0.3 is 4.74 Å². The molecule has 3 aromatic carbocycles. The van der Waals surface area contributed by atoms with Crippen molar-refractivity contribution in [3.63, 3.8) is 0 Å². The summed E-state index contributed by atoms with van der Waals surface area (Å²) in [5, 5.41) is 1.35. The van der Waals surface area contributed by atoms with Crippen LogP contribution in [0, 0.1) is 6.92 Å². The Labute approximate surface area is 203 Å². The lowest BCUT2D eigenvalue weighted by atomic mass is 9.84. The normalized spacial score (nSPS) is 16.4. The number of aryl methyl sites for hydroxylation is 3. The number of nitrogens with zero attached hydrogens (tertiary/aromatic N) is 1. The van der Waals surface area contributed by atoms with Crippen LogP contribution in [0.2, 0.25) is 0 Å². The molecule has 2 aliphatic rings. The third-order valence-electron chi connectivity index (χ3n) is 7.23. The number of thiophene rings is 1.